The summed E-state index contributed by atoms with van der Waals surface area (Å²) in [5, 5.41) is 6.12. The van der Waals surface area contributed by atoms with E-state index >= 15 is 0 Å². The second kappa shape index (κ2) is 5.35. The molecule has 0 saturated carbocycles. The summed E-state index contributed by atoms with van der Waals surface area (Å²) in [5.74, 6) is 1.29. The molecule has 4 rings (SSSR count). The number of carbonyl (C=O) groups excluding carboxylic acids is 1. The Kier molecular flexibility index (Phi) is 3.49. The van der Waals surface area contributed by atoms with Crippen LogP contribution in [0.1, 0.15) is 10.5 Å². The zero-order valence-corrected chi connectivity index (χ0v) is 13.6. The van der Waals surface area contributed by atoms with E-state index < -0.39 is 0 Å². The third-order valence-corrected chi connectivity index (χ3v) is 6.43. The lowest BCUT2D eigenvalue weighted by atomic mass is 10.0. The summed E-state index contributed by atoms with van der Waals surface area (Å²) in [7, 11) is 0. The number of carbonyl (C=O) groups is 1. The van der Waals surface area contributed by atoms with Crippen molar-refractivity contribution >= 4 is 40.2 Å². The van der Waals surface area contributed by atoms with Crippen LogP contribution in [0.4, 0.5) is 0 Å². The van der Waals surface area contributed by atoms with E-state index in [1.165, 1.54) is 22.7 Å². The molecule has 1 amide bonds. The van der Waals surface area contributed by atoms with Gasteiger partial charge in [0.1, 0.15) is 10.7 Å². The average Bonchev–Trinajstić information content (AvgIpc) is 3.20. The predicted molar refractivity (Wildman–Crippen MR) is 86.2 cm³/mol. The Hall–Kier alpha value is -0.950. The number of halogens is 1. The molecule has 0 bridgehead atoms. The highest BCUT2D eigenvalue weighted by atomic mass is 35.5. The minimum atomic E-state index is 0.0644. The molecule has 0 radical (unpaired) electrons. The average molecular weight is 340 g/mol. The van der Waals surface area contributed by atoms with Crippen LogP contribution in [0.25, 0.3) is 9.88 Å². The Balaban J connectivity index is 1.52. The Morgan fingerprint density at radius 1 is 1.33 bits per heavy atom. The van der Waals surface area contributed by atoms with E-state index in [0.29, 0.717) is 17.5 Å². The second-order valence-corrected chi connectivity index (χ2v) is 8.10. The fraction of sp³-hybridized carbons (Fsp3) is 0.429. The van der Waals surface area contributed by atoms with Crippen LogP contribution in [0, 0.1) is 11.8 Å². The summed E-state index contributed by atoms with van der Waals surface area (Å²) in [4.78, 5) is 20.0. The van der Waals surface area contributed by atoms with E-state index in [2.05, 4.69) is 10.3 Å². The molecule has 2 aromatic rings. The first-order chi connectivity index (χ1) is 10.2. The standard InChI is InChI=1S/C14H14ClN3OS2/c15-12-2-1-11(21-12)13-17-10(7-20-13)14(19)18-5-8-3-16-4-9(8)6-18/h1-2,7-9,16H,3-6H2/t8-,9+. The van der Waals surface area contributed by atoms with Gasteiger partial charge >= 0.3 is 0 Å². The minimum absolute atomic E-state index is 0.0644. The number of fused-ring (bicyclic) bond motifs is 1. The molecular formula is C14H14ClN3OS2. The van der Waals surface area contributed by atoms with E-state index in [-0.39, 0.29) is 5.91 Å². The van der Waals surface area contributed by atoms with Crippen molar-refractivity contribution in [1.82, 2.24) is 15.2 Å². The number of hydrogen-bond donors (Lipinski definition) is 1. The molecule has 0 spiro atoms. The number of aromatic nitrogens is 1. The third kappa shape index (κ3) is 2.50. The van der Waals surface area contributed by atoms with E-state index in [1.807, 2.05) is 22.4 Å². The lowest BCUT2D eigenvalue weighted by Crippen LogP contribution is -2.32. The van der Waals surface area contributed by atoms with Gasteiger partial charge in [-0.2, -0.15) is 0 Å². The van der Waals surface area contributed by atoms with E-state index in [0.717, 1.165) is 40.4 Å². The summed E-state index contributed by atoms with van der Waals surface area (Å²) in [6.45, 7) is 3.78. The van der Waals surface area contributed by atoms with Crippen LogP contribution in [-0.2, 0) is 0 Å². The van der Waals surface area contributed by atoms with Gasteiger partial charge in [0.2, 0.25) is 0 Å². The van der Waals surface area contributed by atoms with Crippen molar-refractivity contribution in [2.75, 3.05) is 26.2 Å². The van der Waals surface area contributed by atoms with Gasteiger partial charge in [0.05, 0.1) is 9.21 Å². The highest BCUT2D eigenvalue weighted by Gasteiger charge is 2.38. The van der Waals surface area contributed by atoms with E-state index in [1.54, 1.807) is 0 Å². The van der Waals surface area contributed by atoms with Gasteiger partial charge in [-0.15, -0.1) is 22.7 Å². The number of nitrogens with one attached hydrogen (secondary N) is 1. The minimum Gasteiger partial charge on any atom is -0.337 e. The van der Waals surface area contributed by atoms with Crippen LogP contribution < -0.4 is 5.32 Å². The van der Waals surface area contributed by atoms with Gasteiger partial charge in [-0.1, -0.05) is 11.6 Å². The normalized spacial score (nSPS) is 24.5. The van der Waals surface area contributed by atoms with Gasteiger partial charge in [-0.25, -0.2) is 4.98 Å². The number of thiophene rings is 1. The summed E-state index contributed by atoms with van der Waals surface area (Å²) in [6, 6.07) is 3.81. The van der Waals surface area contributed by atoms with Crippen LogP contribution in [0.15, 0.2) is 17.5 Å². The Labute approximate surface area is 135 Å². The van der Waals surface area contributed by atoms with Crippen LogP contribution in [0.5, 0.6) is 0 Å². The van der Waals surface area contributed by atoms with Crippen LogP contribution in [0.3, 0.4) is 0 Å². The van der Waals surface area contributed by atoms with Gasteiger partial charge in [-0.05, 0) is 24.0 Å². The molecule has 2 atom stereocenters. The Morgan fingerprint density at radius 3 is 2.76 bits per heavy atom. The van der Waals surface area contributed by atoms with Gasteiger partial charge in [-0.3, -0.25) is 4.79 Å². The molecule has 2 fully saturated rings. The third-order valence-electron chi connectivity index (χ3n) is 4.18. The summed E-state index contributed by atoms with van der Waals surface area (Å²) in [5.41, 5.74) is 0.562. The number of amides is 1. The largest absolute Gasteiger partial charge is 0.337 e. The highest BCUT2D eigenvalue weighted by molar-refractivity contribution is 7.23. The number of hydrogen-bond acceptors (Lipinski definition) is 5. The molecular weight excluding hydrogens is 326 g/mol. The first-order valence-electron chi connectivity index (χ1n) is 6.92. The molecule has 0 aliphatic carbocycles. The van der Waals surface area contributed by atoms with Crippen molar-refractivity contribution in [3.8, 4) is 9.88 Å². The molecule has 0 aromatic carbocycles. The van der Waals surface area contributed by atoms with Gasteiger partial charge in [0, 0.05) is 31.6 Å². The number of likely N-dealkylation sites (tertiary alicyclic amines) is 1. The van der Waals surface area contributed by atoms with Crippen molar-refractivity contribution < 1.29 is 4.79 Å². The lowest BCUT2D eigenvalue weighted by Gasteiger charge is -2.15. The predicted octanol–water partition coefficient (Wildman–Crippen LogP) is 2.82. The van der Waals surface area contributed by atoms with Crippen molar-refractivity contribution in [2.45, 2.75) is 0 Å². The molecule has 7 heteroatoms. The fourth-order valence-electron chi connectivity index (χ4n) is 3.10. The SMILES string of the molecule is O=C(c1csc(-c2ccc(Cl)s2)n1)N1C[C@H]2CNC[C@H]2C1. The summed E-state index contributed by atoms with van der Waals surface area (Å²) in [6.07, 6.45) is 0. The quantitative estimate of drug-likeness (QED) is 0.915. The maximum Gasteiger partial charge on any atom is 0.273 e. The molecule has 2 aliphatic heterocycles. The summed E-state index contributed by atoms with van der Waals surface area (Å²) < 4.78 is 0.743. The zero-order valence-electron chi connectivity index (χ0n) is 11.2. The van der Waals surface area contributed by atoms with Crippen molar-refractivity contribution in [2.24, 2.45) is 11.8 Å². The monoisotopic (exact) mass is 339 g/mol. The molecule has 1 N–H and O–H groups in total. The molecule has 21 heavy (non-hydrogen) atoms. The van der Waals surface area contributed by atoms with Crippen LogP contribution in [-0.4, -0.2) is 42.0 Å². The van der Waals surface area contributed by atoms with E-state index in [9.17, 15) is 4.79 Å². The second-order valence-electron chi connectivity index (χ2n) is 5.53. The summed E-state index contributed by atoms with van der Waals surface area (Å²) >= 11 is 8.95. The number of thiazole rings is 1. The van der Waals surface area contributed by atoms with Gasteiger partial charge in [0.15, 0.2) is 0 Å². The molecule has 4 heterocycles. The number of rotatable bonds is 2. The molecule has 110 valence electrons. The molecule has 4 nitrogen and oxygen atoms in total. The van der Waals surface area contributed by atoms with Gasteiger partial charge in [0.25, 0.3) is 5.91 Å². The molecule has 2 saturated heterocycles. The van der Waals surface area contributed by atoms with Crippen LogP contribution >= 0.6 is 34.3 Å². The fourth-order valence-corrected chi connectivity index (χ4v) is 5.01. The van der Waals surface area contributed by atoms with Crippen molar-refractivity contribution in [3.05, 3.63) is 27.5 Å². The topological polar surface area (TPSA) is 45.2 Å². The first kappa shape index (κ1) is 13.7. The van der Waals surface area contributed by atoms with Crippen molar-refractivity contribution in [1.29, 1.82) is 0 Å². The smallest absolute Gasteiger partial charge is 0.273 e. The molecule has 2 aliphatic rings. The molecule has 2 aromatic heterocycles. The van der Waals surface area contributed by atoms with E-state index in [4.69, 9.17) is 11.6 Å². The lowest BCUT2D eigenvalue weighted by molar-refractivity contribution is 0.0777. The first-order valence-corrected chi connectivity index (χ1v) is 8.99. The van der Waals surface area contributed by atoms with Crippen LogP contribution in [0.2, 0.25) is 4.34 Å². The maximum atomic E-state index is 12.6. The maximum absolute atomic E-state index is 12.6. The highest BCUT2D eigenvalue weighted by Crippen LogP contribution is 2.34. The number of nitrogens with zero attached hydrogens (tertiary/aromatic N) is 2. The Bertz CT molecular complexity index is 671. The van der Waals surface area contributed by atoms with Gasteiger partial charge < -0.3 is 10.2 Å². The van der Waals surface area contributed by atoms with Crippen molar-refractivity contribution in [3.63, 3.8) is 0 Å². The zero-order chi connectivity index (χ0) is 14.4. The Morgan fingerprint density at radius 2 is 2.10 bits per heavy atom. The molecule has 0 unspecified atom stereocenters.